The summed E-state index contributed by atoms with van der Waals surface area (Å²) in [6, 6.07) is 0. The third-order valence-electron chi connectivity index (χ3n) is 11.5. The van der Waals surface area contributed by atoms with Crippen LogP contribution in [0.15, 0.2) is 9.59 Å². The molecular weight excluding hydrogens is 787 g/mol. The molecule has 0 aliphatic heterocycles. The molecule has 9 heteroatoms. The van der Waals surface area contributed by atoms with Crippen LogP contribution in [0.5, 0.6) is 0 Å². The first kappa shape index (κ1) is 69.6. The van der Waals surface area contributed by atoms with Crippen molar-refractivity contribution in [3.63, 3.8) is 0 Å². The number of carboxylic acid groups (broad SMARTS) is 2. The van der Waals surface area contributed by atoms with Gasteiger partial charge in [0.1, 0.15) is 11.4 Å². The minimum Gasteiger partial charge on any atom is -0.483 e. The van der Waals surface area contributed by atoms with Gasteiger partial charge in [0, 0.05) is 7.05 Å². The summed E-state index contributed by atoms with van der Waals surface area (Å²) in [6.07, 6.45) is 53.6. The van der Waals surface area contributed by atoms with Crippen LogP contribution in [0.2, 0.25) is 0 Å². The van der Waals surface area contributed by atoms with Crippen LogP contribution in [0.3, 0.4) is 0 Å². The topological polar surface area (TPSA) is 159 Å². The van der Waals surface area contributed by atoms with Gasteiger partial charge in [0.25, 0.3) is 23.8 Å². The molecular formula is C54H111N3O6. The number of hydrogen-bond acceptors (Lipinski definition) is 7. The summed E-state index contributed by atoms with van der Waals surface area (Å²) in [4.78, 5) is 37.5. The molecule has 0 radical (unpaired) electrons. The highest BCUT2D eigenvalue weighted by Gasteiger charge is 2.15. The summed E-state index contributed by atoms with van der Waals surface area (Å²) < 4.78 is 0. The molecule has 63 heavy (non-hydrogen) atoms. The summed E-state index contributed by atoms with van der Waals surface area (Å²) in [5.74, 6) is 1.03. The molecule has 0 atom stereocenters. The molecule has 0 aliphatic carbocycles. The van der Waals surface area contributed by atoms with Crippen LogP contribution in [-0.4, -0.2) is 43.3 Å². The predicted molar refractivity (Wildman–Crippen MR) is 280 cm³/mol. The minimum atomic E-state index is -0.584. The standard InChI is InChI=1S/C34H71N.C11H24.C5H6N2O2.C2H6.2CH2O2/c1-4-7-10-13-16-17-22-27-32-35-33-28-23-18-21-26-31-34(29-24-19-14-11-8-5-2)30-25-20-15-12-9-6-3;1-3-5-7-9-11-10-8-6-4-2;1-7-3-2(6)4(8)5(3)9;1-2;2*2-1-3/h34-35H,4-33H2,1-3H3;3-11H2,1-2H3;7H,6H2,1H3;1-2H3;2*1H,(H,2,3). The van der Waals surface area contributed by atoms with Crippen molar-refractivity contribution in [1.29, 1.82) is 0 Å². The lowest BCUT2D eigenvalue weighted by atomic mass is 9.89. The van der Waals surface area contributed by atoms with E-state index in [1.807, 2.05) is 13.8 Å². The van der Waals surface area contributed by atoms with Crippen molar-refractivity contribution in [3.8, 4) is 0 Å². The highest BCUT2D eigenvalue weighted by molar-refractivity contribution is 5.70. The van der Waals surface area contributed by atoms with Crippen LogP contribution >= 0.6 is 0 Å². The third-order valence-corrected chi connectivity index (χ3v) is 11.5. The Morgan fingerprint density at radius 2 is 0.651 bits per heavy atom. The lowest BCUT2D eigenvalue weighted by Gasteiger charge is -2.17. The summed E-state index contributed by atoms with van der Waals surface area (Å²) in [7, 11) is 1.55. The molecule has 9 nitrogen and oxygen atoms in total. The van der Waals surface area contributed by atoms with Gasteiger partial charge in [-0.3, -0.25) is 19.2 Å². The lowest BCUT2D eigenvalue weighted by Crippen LogP contribution is -2.36. The van der Waals surface area contributed by atoms with E-state index in [1.165, 1.54) is 251 Å². The Bertz CT molecular complexity index is 1000. The van der Waals surface area contributed by atoms with Crippen molar-refractivity contribution >= 4 is 24.3 Å². The molecule has 0 unspecified atom stereocenters. The fourth-order valence-electron chi connectivity index (χ4n) is 7.62. The molecule has 0 bridgehead atoms. The van der Waals surface area contributed by atoms with E-state index in [1.54, 1.807) is 7.05 Å². The van der Waals surface area contributed by atoms with Crippen molar-refractivity contribution < 1.29 is 19.8 Å². The normalized spacial score (nSPS) is 10.2. The smallest absolute Gasteiger partial charge is 0.290 e. The maximum absolute atomic E-state index is 10.5. The molecule has 1 aromatic rings. The van der Waals surface area contributed by atoms with Gasteiger partial charge >= 0.3 is 0 Å². The molecule has 0 spiro atoms. The Hall–Kier alpha value is -2.42. The van der Waals surface area contributed by atoms with Crippen LogP contribution < -0.4 is 27.2 Å². The van der Waals surface area contributed by atoms with Crippen LogP contribution in [0, 0.1) is 5.92 Å². The summed E-state index contributed by atoms with van der Waals surface area (Å²) in [6.45, 7) is 17.5. The molecule has 0 fully saturated rings. The van der Waals surface area contributed by atoms with Gasteiger partial charge in [0.05, 0.1) is 0 Å². The first-order valence-corrected chi connectivity index (χ1v) is 26.9. The van der Waals surface area contributed by atoms with Gasteiger partial charge < -0.3 is 26.6 Å². The maximum Gasteiger partial charge on any atom is 0.290 e. The highest BCUT2D eigenvalue weighted by atomic mass is 16.3. The van der Waals surface area contributed by atoms with E-state index in [0.717, 1.165) is 5.92 Å². The Kier molecular flexibility index (Phi) is 73.1. The second-order valence-corrected chi connectivity index (χ2v) is 17.1. The Morgan fingerprint density at radius 1 is 0.429 bits per heavy atom. The molecule has 1 rings (SSSR count). The average molecular weight is 898 g/mol. The van der Waals surface area contributed by atoms with Gasteiger partial charge in [-0.25, -0.2) is 0 Å². The van der Waals surface area contributed by atoms with Gasteiger partial charge in [0.15, 0.2) is 0 Å². The molecule has 0 heterocycles. The average Bonchev–Trinajstić information content (AvgIpc) is 3.29. The molecule has 0 saturated carbocycles. The monoisotopic (exact) mass is 898 g/mol. The number of hydrogen-bond donors (Lipinski definition) is 5. The molecule has 378 valence electrons. The van der Waals surface area contributed by atoms with E-state index in [4.69, 9.17) is 25.5 Å². The highest BCUT2D eigenvalue weighted by Crippen LogP contribution is 2.25. The fourth-order valence-corrected chi connectivity index (χ4v) is 7.62. The zero-order valence-corrected chi connectivity index (χ0v) is 43.4. The van der Waals surface area contributed by atoms with Crippen molar-refractivity contribution in [2.75, 3.05) is 31.2 Å². The van der Waals surface area contributed by atoms with Crippen LogP contribution in [-0.2, 0) is 9.59 Å². The van der Waals surface area contributed by atoms with Gasteiger partial charge in [-0.1, -0.05) is 273 Å². The largest absolute Gasteiger partial charge is 0.483 e. The van der Waals surface area contributed by atoms with E-state index < -0.39 is 10.9 Å². The zero-order valence-electron chi connectivity index (χ0n) is 43.4. The third kappa shape index (κ3) is 59.6. The summed E-state index contributed by atoms with van der Waals surface area (Å²) in [5, 5.41) is 20.0. The van der Waals surface area contributed by atoms with Gasteiger partial charge in [-0.2, -0.15) is 0 Å². The lowest BCUT2D eigenvalue weighted by molar-refractivity contribution is -0.123. The van der Waals surface area contributed by atoms with Gasteiger partial charge in [-0.05, 0) is 31.8 Å². The molecule has 0 saturated heterocycles. The van der Waals surface area contributed by atoms with E-state index in [0.29, 0.717) is 0 Å². The second-order valence-electron chi connectivity index (χ2n) is 17.1. The maximum atomic E-state index is 10.5. The molecule has 0 aromatic heterocycles. The first-order valence-electron chi connectivity index (χ1n) is 26.9. The van der Waals surface area contributed by atoms with E-state index >= 15 is 0 Å². The Balaban J connectivity index is -0.000000320. The van der Waals surface area contributed by atoms with E-state index in [9.17, 15) is 9.59 Å². The number of unbranched alkanes of at least 4 members (excludes halogenated alkanes) is 29. The Morgan fingerprint density at radius 3 is 0.857 bits per heavy atom. The van der Waals surface area contributed by atoms with E-state index in [-0.39, 0.29) is 24.3 Å². The quantitative estimate of drug-likeness (QED) is 0.0245. The van der Waals surface area contributed by atoms with Gasteiger partial charge in [-0.15, -0.1) is 0 Å². The Labute approximate surface area is 391 Å². The first-order chi connectivity index (χ1) is 30.8. The number of nitrogen functional groups attached to an aromatic ring is 1. The fraction of sp³-hybridized carbons (Fsp3) is 0.889. The number of nitrogens with one attached hydrogen (secondary N) is 2. The minimum absolute atomic E-state index is 0.0440. The summed E-state index contributed by atoms with van der Waals surface area (Å²) >= 11 is 0. The summed E-state index contributed by atoms with van der Waals surface area (Å²) in [5.41, 5.74) is 4.29. The van der Waals surface area contributed by atoms with Crippen molar-refractivity contribution in [2.45, 2.75) is 286 Å². The van der Waals surface area contributed by atoms with Crippen molar-refractivity contribution in [1.82, 2.24) is 5.32 Å². The van der Waals surface area contributed by atoms with Crippen LogP contribution in [0.25, 0.3) is 0 Å². The molecule has 0 amide bonds. The van der Waals surface area contributed by atoms with E-state index in [2.05, 4.69) is 45.3 Å². The molecule has 1 aromatic carbocycles. The molecule has 6 N–H and O–H groups in total. The van der Waals surface area contributed by atoms with Crippen molar-refractivity contribution in [2.24, 2.45) is 5.92 Å². The van der Waals surface area contributed by atoms with Crippen molar-refractivity contribution in [3.05, 3.63) is 20.4 Å². The number of nitrogens with two attached hydrogens (primary N) is 1. The number of rotatable bonds is 40. The predicted octanol–water partition coefficient (Wildman–Crippen LogP) is 16.0. The zero-order chi connectivity index (χ0) is 48.3. The van der Waals surface area contributed by atoms with Gasteiger partial charge in [0.2, 0.25) is 0 Å². The number of carbonyl (C=O) groups is 2. The van der Waals surface area contributed by atoms with Crippen LogP contribution in [0.4, 0.5) is 11.4 Å². The number of anilines is 2. The second kappa shape index (κ2) is 66.2. The molecule has 0 aliphatic rings. The van der Waals surface area contributed by atoms with Crippen LogP contribution in [0.1, 0.15) is 286 Å². The SMILES string of the molecule is CC.CCCCCCCCCCC.CCCCCCCCCCNCCCCCCCC(CCCCCCCC)CCCCCCCC.CNc1c(N)c(=O)c1=O.O=CO.O=CO.